The number of para-hydroxylation sites is 1. The maximum Gasteiger partial charge on any atom is 0.265 e. The fourth-order valence-corrected chi connectivity index (χ4v) is 2.69. The number of hydrogen-bond acceptors (Lipinski definition) is 4. The van der Waals surface area contributed by atoms with E-state index in [0.717, 1.165) is 0 Å². The molecule has 1 aromatic heterocycles. The van der Waals surface area contributed by atoms with E-state index in [1.54, 1.807) is 23.0 Å². The second kappa shape index (κ2) is 4.93. The molecule has 0 aliphatic rings. The molecule has 6 nitrogen and oxygen atoms in total. The summed E-state index contributed by atoms with van der Waals surface area (Å²) >= 11 is 0. The highest BCUT2D eigenvalue weighted by Gasteiger charge is 2.18. The molecule has 0 amide bonds. The van der Waals surface area contributed by atoms with E-state index < -0.39 is 10.0 Å². The van der Waals surface area contributed by atoms with Gasteiger partial charge in [0.1, 0.15) is 10.6 Å². The highest BCUT2D eigenvalue weighted by Crippen LogP contribution is 2.24. The Morgan fingerprint density at radius 1 is 1.32 bits per heavy atom. The summed E-state index contributed by atoms with van der Waals surface area (Å²) in [5.74, 6) is -0.286. The van der Waals surface area contributed by atoms with Gasteiger partial charge < -0.3 is 5.11 Å². The van der Waals surface area contributed by atoms with Crippen molar-refractivity contribution in [3.8, 4) is 5.75 Å². The van der Waals surface area contributed by atoms with Crippen molar-refractivity contribution in [1.82, 2.24) is 9.78 Å². The van der Waals surface area contributed by atoms with Crippen molar-refractivity contribution < 1.29 is 13.5 Å². The van der Waals surface area contributed by atoms with Crippen LogP contribution >= 0.6 is 0 Å². The molecule has 0 aliphatic heterocycles. The van der Waals surface area contributed by atoms with Gasteiger partial charge in [-0.3, -0.25) is 9.40 Å². The van der Waals surface area contributed by atoms with Crippen LogP contribution in [0.1, 0.15) is 19.9 Å². The zero-order valence-electron chi connectivity index (χ0n) is 10.6. The van der Waals surface area contributed by atoms with Crippen LogP contribution in [-0.4, -0.2) is 23.3 Å². The molecule has 0 bridgehead atoms. The minimum atomic E-state index is -3.81. The van der Waals surface area contributed by atoms with E-state index in [1.807, 2.05) is 13.8 Å². The molecule has 0 saturated heterocycles. The van der Waals surface area contributed by atoms with Gasteiger partial charge in [-0.25, -0.2) is 8.42 Å². The summed E-state index contributed by atoms with van der Waals surface area (Å²) in [7, 11) is -3.81. The molecule has 19 heavy (non-hydrogen) atoms. The van der Waals surface area contributed by atoms with E-state index in [2.05, 4.69) is 9.82 Å². The molecule has 1 heterocycles. The molecular formula is C12H15N3O3S. The van der Waals surface area contributed by atoms with Gasteiger partial charge in [-0.15, -0.1) is 0 Å². The number of aromatic hydroxyl groups is 1. The number of sulfonamides is 1. The van der Waals surface area contributed by atoms with Gasteiger partial charge >= 0.3 is 0 Å². The van der Waals surface area contributed by atoms with Crippen molar-refractivity contribution in [1.29, 1.82) is 0 Å². The van der Waals surface area contributed by atoms with Gasteiger partial charge in [0.05, 0.1) is 11.9 Å². The molecule has 2 rings (SSSR count). The minimum absolute atomic E-state index is 0.142. The summed E-state index contributed by atoms with van der Waals surface area (Å²) in [5, 5.41) is 13.6. The Hall–Kier alpha value is -2.02. The Bertz CT molecular complexity index is 677. The number of benzene rings is 1. The van der Waals surface area contributed by atoms with E-state index in [4.69, 9.17) is 0 Å². The van der Waals surface area contributed by atoms with E-state index in [9.17, 15) is 13.5 Å². The Balaban J connectivity index is 2.29. The third kappa shape index (κ3) is 2.87. The molecule has 0 atom stereocenters. The molecule has 0 fully saturated rings. The summed E-state index contributed by atoms with van der Waals surface area (Å²) in [4.78, 5) is -0.160. The molecular weight excluding hydrogens is 266 g/mol. The lowest BCUT2D eigenvalue weighted by Crippen LogP contribution is -2.12. The third-order valence-electron chi connectivity index (χ3n) is 2.54. The number of hydrogen-bond donors (Lipinski definition) is 2. The second-order valence-corrected chi connectivity index (χ2v) is 6.03. The van der Waals surface area contributed by atoms with Crippen molar-refractivity contribution in [2.24, 2.45) is 0 Å². The molecule has 0 aliphatic carbocycles. The maximum absolute atomic E-state index is 12.1. The molecule has 0 unspecified atom stereocenters. The topological polar surface area (TPSA) is 84.2 Å². The average Bonchev–Trinajstić information content (AvgIpc) is 2.77. The van der Waals surface area contributed by atoms with E-state index in [0.29, 0.717) is 5.69 Å². The lowest BCUT2D eigenvalue weighted by molar-refractivity contribution is 0.459. The number of anilines is 1. The van der Waals surface area contributed by atoms with Crippen LogP contribution in [0.25, 0.3) is 0 Å². The van der Waals surface area contributed by atoms with Crippen LogP contribution in [0.5, 0.6) is 5.75 Å². The molecule has 0 saturated carbocycles. The standard InChI is InChI=1S/C12H15N3O3S/c1-9(2)15-8-10(7-13-15)14-19(17,18)12-6-4-3-5-11(12)16/h3-9,14,16H,1-2H3. The van der Waals surface area contributed by atoms with Crippen LogP contribution in [-0.2, 0) is 10.0 Å². The van der Waals surface area contributed by atoms with Crippen molar-refractivity contribution in [3.05, 3.63) is 36.7 Å². The first kappa shape index (κ1) is 13.4. The highest BCUT2D eigenvalue weighted by molar-refractivity contribution is 7.92. The third-order valence-corrected chi connectivity index (χ3v) is 3.97. The summed E-state index contributed by atoms with van der Waals surface area (Å²) in [6.07, 6.45) is 3.03. The molecule has 0 radical (unpaired) electrons. The molecule has 2 aromatic rings. The monoisotopic (exact) mass is 281 g/mol. The zero-order chi connectivity index (χ0) is 14.0. The smallest absolute Gasteiger partial charge is 0.265 e. The predicted molar refractivity (Wildman–Crippen MR) is 71.5 cm³/mol. The predicted octanol–water partition coefficient (Wildman–Crippen LogP) is 1.97. The maximum atomic E-state index is 12.1. The van der Waals surface area contributed by atoms with Gasteiger partial charge in [-0.05, 0) is 26.0 Å². The number of rotatable bonds is 4. The number of nitrogens with zero attached hydrogens (tertiary/aromatic N) is 2. The van der Waals surface area contributed by atoms with Crippen molar-refractivity contribution in [2.45, 2.75) is 24.8 Å². The van der Waals surface area contributed by atoms with Gasteiger partial charge in [-0.1, -0.05) is 12.1 Å². The Morgan fingerprint density at radius 2 is 2.00 bits per heavy atom. The lowest BCUT2D eigenvalue weighted by atomic mass is 10.3. The fraction of sp³-hybridized carbons (Fsp3) is 0.250. The van der Waals surface area contributed by atoms with Gasteiger partial charge in [0.2, 0.25) is 0 Å². The number of nitrogens with one attached hydrogen (secondary N) is 1. The van der Waals surface area contributed by atoms with Gasteiger partial charge in [0, 0.05) is 12.2 Å². The molecule has 102 valence electrons. The summed E-state index contributed by atoms with van der Waals surface area (Å²) < 4.78 is 28.2. The molecule has 1 aromatic carbocycles. The molecule has 0 spiro atoms. The van der Waals surface area contributed by atoms with Crippen LogP contribution < -0.4 is 4.72 Å². The fourth-order valence-electron chi connectivity index (χ4n) is 1.57. The first-order valence-corrected chi connectivity index (χ1v) is 7.23. The van der Waals surface area contributed by atoms with Crippen LogP contribution in [0.2, 0.25) is 0 Å². The molecule has 7 heteroatoms. The normalized spacial score (nSPS) is 11.7. The Kier molecular flexibility index (Phi) is 3.48. The Morgan fingerprint density at radius 3 is 2.58 bits per heavy atom. The van der Waals surface area contributed by atoms with Crippen LogP contribution in [0.3, 0.4) is 0 Å². The van der Waals surface area contributed by atoms with Gasteiger partial charge in [-0.2, -0.15) is 5.10 Å². The summed E-state index contributed by atoms with van der Waals surface area (Å²) in [5.41, 5.74) is 0.358. The van der Waals surface area contributed by atoms with E-state index in [-0.39, 0.29) is 16.7 Å². The average molecular weight is 281 g/mol. The van der Waals surface area contributed by atoms with Crippen LogP contribution in [0.15, 0.2) is 41.6 Å². The summed E-state index contributed by atoms with van der Waals surface area (Å²) in [6.45, 7) is 3.88. The van der Waals surface area contributed by atoms with Crippen molar-refractivity contribution in [3.63, 3.8) is 0 Å². The largest absolute Gasteiger partial charge is 0.507 e. The van der Waals surface area contributed by atoms with Gasteiger partial charge in [0.15, 0.2) is 0 Å². The van der Waals surface area contributed by atoms with E-state index in [1.165, 1.54) is 18.3 Å². The minimum Gasteiger partial charge on any atom is -0.507 e. The molecule has 2 N–H and O–H groups in total. The Labute approximate surface area is 111 Å². The van der Waals surface area contributed by atoms with E-state index >= 15 is 0 Å². The number of phenolic OH excluding ortho intramolecular Hbond substituents is 1. The number of aromatic nitrogens is 2. The second-order valence-electron chi connectivity index (χ2n) is 4.38. The van der Waals surface area contributed by atoms with Crippen LogP contribution in [0.4, 0.5) is 5.69 Å². The highest BCUT2D eigenvalue weighted by atomic mass is 32.2. The first-order valence-electron chi connectivity index (χ1n) is 5.75. The lowest BCUT2D eigenvalue weighted by Gasteiger charge is -2.07. The van der Waals surface area contributed by atoms with Crippen LogP contribution in [0, 0.1) is 0 Å². The number of phenols is 1. The van der Waals surface area contributed by atoms with Gasteiger partial charge in [0.25, 0.3) is 10.0 Å². The SMILES string of the molecule is CC(C)n1cc(NS(=O)(=O)c2ccccc2O)cn1. The van der Waals surface area contributed by atoms with Crippen molar-refractivity contribution >= 4 is 15.7 Å². The quantitative estimate of drug-likeness (QED) is 0.897. The first-order chi connectivity index (χ1) is 8.90. The van der Waals surface area contributed by atoms with Crippen molar-refractivity contribution in [2.75, 3.05) is 4.72 Å². The summed E-state index contributed by atoms with van der Waals surface area (Å²) in [6, 6.07) is 5.91. The zero-order valence-corrected chi connectivity index (χ0v) is 11.4.